The molecule has 146 valence electrons. The number of hydrogen-bond donors (Lipinski definition) is 1. The zero-order chi connectivity index (χ0) is 20.7. The van der Waals surface area contributed by atoms with Gasteiger partial charge < -0.3 is 14.3 Å². The second-order valence-corrected chi connectivity index (χ2v) is 6.99. The lowest BCUT2D eigenvalue weighted by atomic mass is 10.0. The molecule has 0 radical (unpaired) electrons. The Kier molecular flexibility index (Phi) is 4.43. The molecule has 4 aromatic rings. The number of aryl methyl sites for hydroxylation is 3. The van der Waals surface area contributed by atoms with Gasteiger partial charge in [-0.3, -0.25) is 14.9 Å². The van der Waals surface area contributed by atoms with Crippen LogP contribution in [-0.4, -0.2) is 14.5 Å². The first-order valence-electron chi connectivity index (χ1n) is 9.06. The monoisotopic (exact) mass is 389 g/mol. The predicted molar refractivity (Wildman–Crippen MR) is 112 cm³/mol. The van der Waals surface area contributed by atoms with Gasteiger partial charge in [0, 0.05) is 48.1 Å². The van der Waals surface area contributed by atoms with Gasteiger partial charge in [0.1, 0.15) is 17.0 Å². The second-order valence-electron chi connectivity index (χ2n) is 6.99. The number of nitro groups is 1. The summed E-state index contributed by atoms with van der Waals surface area (Å²) >= 11 is 0. The molecule has 0 saturated heterocycles. The minimum absolute atomic E-state index is 0.0496. The molecule has 0 atom stereocenters. The van der Waals surface area contributed by atoms with E-state index in [0.717, 1.165) is 11.1 Å². The number of nitrogens with one attached hydrogen (secondary N) is 1. The van der Waals surface area contributed by atoms with Crippen LogP contribution >= 0.6 is 0 Å². The lowest BCUT2D eigenvalue weighted by Gasteiger charge is -2.16. The van der Waals surface area contributed by atoms with Gasteiger partial charge in [0.15, 0.2) is 0 Å². The van der Waals surface area contributed by atoms with Gasteiger partial charge in [-0.2, -0.15) is 0 Å². The molecular weight excluding hydrogens is 370 g/mol. The van der Waals surface area contributed by atoms with Gasteiger partial charge in [-0.15, -0.1) is 0 Å². The number of aromatic amines is 1. The molecule has 0 aliphatic rings. The summed E-state index contributed by atoms with van der Waals surface area (Å²) in [5, 5.41) is 12.1. The van der Waals surface area contributed by atoms with E-state index in [-0.39, 0.29) is 11.2 Å². The smallest absolute Gasteiger partial charge is 0.274 e. The molecular formula is C22H19N3O4. The van der Waals surface area contributed by atoms with Crippen LogP contribution in [0.2, 0.25) is 0 Å². The summed E-state index contributed by atoms with van der Waals surface area (Å²) in [5.74, 6) is 1.19. The van der Waals surface area contributed by atoms with Crippen molar-refractivity contribution in [3.63, 3.8) is 0 Å². The number of aromatic nitrogens is 2. The summed E-state index contributed by atoms with van der Waals surface area (Å²) in [6, 6.07) is 12.1. The first kappa shape index (κ1) is 18.5. The summed E-state index contributed by atoms with van der Waals surface area (Å²) in [6.45, 7) is 3.90. The quantitative estimate of drug-likeness (QED) is 0.399. The molecule has 2 aromatic carbocycles. The van der Waals surface area contributed by atoms with Crippen LogP contribution in [0, 0.1) is 24.0 Å². The van der Waals surface area contributed by atoms with E-state index in [9.17, 15) is 14.9 Å². The molecule has 7 nitrogen and oxygen atoms in total. The number of fused-ring (bicyclic) bond motifs is 1. The summed E-state index contributed by atoms with van der Waals surface area (Å²) in [4.78, 5) is 26.3. The van der Waals surface area contributed by atoms with Gasteiger partial charge in [0.25, 0.3) is 11.2 Å². The van der Waals surface area contributed by atoms with E-state index >= 15 is 0 Å². The lowest BCUT2D eigenvalue weighted by Crippen LogP contribution is -2.16. The highest BCUT2D eigenvalue weighted by Crippen LogP contribution is 2.40. The van der Waals surface area contributed by atoms with Crippen molar-refractivity contribution in [3.05, 3.63) is 86.5 Å². The fourth-order valence-electron chi connectivity index (χ4n) is 3.48. The van der Waals surface area contributed by atoms with E-state index in [2.05, 4.69) is 4.98 Å². The van der Waals surface area contributed by atoms with Crippen LogP contribution in [0.1, 0.15) is 11.1 Å². The highest BCUT2D eigenvalue weighted by atomic mass is 16.6. The molecule has 4 rings (SSSR count). The number of rotatable bonds is 4. The number of para-hydroxylation sites is 1. The SMILES string of the molecule is Cc1cccc(C)c1Oc1ccc([N+](=O)[O-])cc1-c1cn(C)c(=O)c2[nH]ccc12. The van der Waals surface area contributed by atoms with Crippen molar-refractivity contribution in [1.29, 1.82) is 0 Å². The van der Waals surface area contributed by atoms with E-state index in [0.29, 0.717) is 33.5 Å². The van der Waals surface area contributed by atoms with Gasteiger partial charge in [-0.1, -0.05) is 18.2 Å². The Morgan fingerprint density at radius 2 is 1.79 bits per heavy atom. The Bertz CT molecular complexity index is 1300. The van der Waals surface area contributed by atoms with Crippen molar-refractivity contribution in [2.45, 2.75) is 13.8 Å². The molecule has 0 saturated carbocycles. The zero-order valence-electron chi connectivity index (χ0n) is 16.2. The number of nitrogens with zero attached hydrogens (tertiary/aromatic N) is 2. The summed E-state index contributed by atoms with van der Waals surface area (Å²) in [5.41, 5.74) is 3.36. The highest BCUT2D eigenvalue weighted by molar-refractivity contribution is 5.96. The number of hydrogen-bond acceptors (Lipinski definition) is 4. The standard InChI is InChI=1S/C22H19N3O4/c1-13-5-4-6-14(2)21(13)29-19-8-7-15(25(27)28)11-17(19)18-12-24(3)22(26)20-16(18)9-10-23-20/h4-12,23H,1-3H3. The molecule has 0 aliphatic carbocycles. The third kappa shape index (κ3) is 3.16. The lowest BCUT2D eigenvalue weighted by molar-refractivity contribution is -0.384. The van der Waals surface area contributed by atoms with E-state index < -0.39 is 4.92 Å². The van der Waals surface area contributed by atoms with Crippen LogP contribution in [0.15, 0.2) is 59.7 Å². The number of nitro benzene ring substituents is 1. The van der Waals surface area contributed by atoms with Crippen LogP contribution in [0.5, 0.6) is 11.5 Å². The number of H-pyrrole nitrogens is 1. The van der Waals surface area contributed by atoms with Crippen molar-refractivity contribution in [2.75, 3.05) is 0 Å². The minimum Gasteiger partial charge on any atom is -0.456 e. The maximum atomic E-state index is 12.4. The topological polar surface area (TPSA) is 90.2 Å². The average molecular weight is 389 g/mol. The molecule has 29 heavy (non-hydrogen) atoms. The maximum Gasteiger partial charge on any atom is 0.274 e. The van der Waals surface area contributed by atoms with E-state index in [1.165, 1.54) is 16.7 Å². The molecule has 0 fully saturated rings. The maximum absolute atomic E-state index is 12.4. The molecule has 1 N–H and O–H groups in total. The summed E-state index contributed by atoms with van der Waals surface area (Å²) in [7, 11) is 1.65. The zero-order valence-corrected chi connectivity index (χ0v) is 16.2. The third-order valence-corrected chi connectivity index (χ3v) is 4.98. The van der Waals surface area contributed by atoms with Crippen molar-refractivity contribution in [2.24, 2.45) is 7.05 Å². The average Bonchev–Trinajstić information content (AvgIpc) is 3.18. The Morgan fingerprint density at radius 1 is 1.07 bits per heavy atom. The Balaban J connectivity index is 1.99. The van der Waals surface area contributed by atoms with Crippen molar-refractivity contribution in [3.8, 4) is 22.6 Å². The van der Waals surface area contributed by atoms with Crippen LogP contribution < -0.4 is 10.3 Å². The molecule has 0 spiro atoms. The van der Waals surface area contributed by atoms with Gasteiger partial charge >= 0.3 is 0 Å². The first-order chi connectivity index (χ1) is 13.9. The fraction of sp³-hybridized carbons (Fsp3) is 0.136. The van der Waals surface area contributed by atoms with E-state index in [1.807, 2.05) is 32.0 Å². The fourth-order valence-corrected chi connectivity index (χ4v) is 3.48. The number of pyridine rings is 1. The predicted octanol–water partition coefficient (Wildman–Crippen LogP) is 4.85. The largest absolute Gasteiger partial charge is 0.456 e. The van der Waals surface area contributed by atoms with E-state index in [4.69, 9.17) is 4.74 Å². The normalized spacial score (nSPS) is 11.0. The third-order valence-electron chi connectivity index (χ3n) is 4.98. The Hall–Kier alpha value is -3.87. The van der Waals surface area contributed by atoms with Crippen molar-refractivity contribution in [1.82, 2.24) is 9.55 Å². The molecule has 0 bridgehead atoms. The van der Waals surface area contributed by atoms with Crippen LogP contribution in [0.3, 0.4) is 0 Å². The molecule has 7 heteroatoms. The molecule has 0 unspecified atom stereocenters. The Labute approximate surface area is 166 Å². The second kappa shape index (κ2) is 6.94. The van der Waals surface area contributed by atoms with Gasteiger partial charge in [0.05, 0.1) is 4.92 Å². The highest BCUT2D eigenvalue weighted by Gasteiger charge is 2.19. The van der Waals surface area contributed by atoms with Crippen LogP contribution in [-0.2, 0) is 7.05 Å². The number of non-ortho nitro benzene ring substituents is 1. The minimum atomic E-state index is -0.442. The molecule has 2 aromatic heterocycles. The number of ether oxygens (including phenoxy) is 1. The summed E-state index contributed by atoms with van der Waals surface area (Å²) < 4.78 is 7.69. The molecule has 0 amide bonds. The van der Waals surface area contributed by atoms with Gasteiger partial charge in [-0.25, -0.2) is 0 Å². The number of benzene rings is 2. The van der Waals surface area contributed by atoms with Crippen LogP contribution in [0.25, 0.3) is 22.0 Å². The first-order valence-corrected chi connectivity index (χ1v) is 9.06. The van der Waals surface area contributed by atoms with Crippen molar-refractivity contribution < 1.29 is 9.66 Å². The van der Waals surface area contributed by atoms with Gasteiger partial charge in [-0.05, 0) is 37.1 Å². The van der Waals surface area contributed by atoms with Crippen molar-refractivity contribution >= 4 is 16.6 Å². The molecule has 2 heterocycles. The van der Waals surface area contributed by atoms with Crippen LogP contribution in [0.4, 0.5) is 5.69 Å². The molecule has 0 aliphatic heterocycles. The van der Waals surface area contributed by atoms with Gasteiger partial charge in [0.2, 0.25) is 0 Å². The van der Waals surface area contributed by atoms with E-state index in [1.54, 1.807) is 31.6 Å². The Morgan fingerprint density at radius 3 is 2.48 bits per heavy atom. The summed E-state index contributed by atoms with van der Waals surface area (Å²) in [6.07, 6.45) is 3.36.